The first-order valence-corrected chi connectivity index (χ1v) is 12.9. The Balaban J connectivity index is 1.23. The maximum absolute atomic E-state index is 13.7. The Kier molecular flexibility index (Phi) is 5.66. The summed E-state index contributed by atoms with van der Waals surface area (Å²) in [5.41, 5.74) is 3.00. The molecule has 1 unspecified atom stereocenters. The summed E-state index contributed by atoms with van der Waals surface area (Å²) in [4.78, 5) is 54.8. The molecule has 2 heterocycles. The van der Waals surface area contributed by atoms with Gasteiger partial charge in [-0.2, -0.15) is 0 Å². The van der Waals surface area contributed by atoms with Crippen LogP contribution in [0.5, 0.6) is 0 Å². The zero-order valence-electron chi connectivity index (χ0n) is 20.8. The van der Waals surface area contributed by atoms with E-state index in [1.54, 1.807) is 18.2 Å². The van der Waals surface area contributed by atoms with Crippen LogP contribution in [0.4, 0.5) is 15.3 Å². The molecule has 9 nitrogen and oxygen atoms in total. The number of hydrogen-bond acceptors (Lipinski definition) is 5. The summed E-state index contributed by atoms with van der Waals surface area (Å²) in [5, 5.41) is 5.22. The van der Waals surface area contributed by atoms with Crippen molar-refractivity contribution in [1.29, 1.82) is 0 Å². The van der Waals surface area contributed by atoms with Gasteiger partial charge >= 0.3 is 12.1 Å². The van der Waals surface area contributed by atoms with Crippen molar-refractivity contribution in [3.63, 3.8) is 0 Å². The summed E-state index contributed by atoms with van der Waals surface area (Å²) in [6.07, 6.45) is 4.06. The molecule has 2 aliphatic carbocycles. The second-order valence-electron chi connectivity index (χ2n) is 10.4. The third-order valence-electron chi connectivity index (χ3n) is 8.19. The first-order chi connectivity index (χ1) is 17.9. The quantitative estimate of drug-likeness (QED) is 0.667. The van der Waals surface area contributed by atoms with Crippen LogP contribution in [0.3, 0.4) is 0 Å². The van der Waals surface area contributed by atoms with Gasteiger partial charge in [0.15, 0.2) is 0 Å². The molecule has 5 amide bonds. The third kappa shape index (κ3) is 4.02. The summed E-state index contributed by atoms with van der Waals surface area (Å²) in [6.45, 7) is 0.165. The minimum atomic E-state index is -1.42. The molecule has 1 saturated heterocycles. The van der Waals surface area contributed by atoms with E-state index < -0.39 is 17.6 Å². The number of benzene rings is 2. The summed E-state index contributed by atoms with van der Waals surface area (Å²) in [7, 11) is 1.53. The SMILES string of the molecule is CNC(=O)Nc1ccc2c(c1)CC[C@@]21OC(=O)N(CC(=O)N2Cc3ccccc3CCC2C2CC2)C1=O. The van der Waals surface area contributed by atoms with Gasteiger partial charge in [-0.25, -0.2) is 14.5 Å². The number of rotatable bonds is 4. The van der Waals surface area contributed by atoms with Crippen LogP contribution in [0.25, 0.3) is 0 Å². The van der Waals surface area contributed by atoms with Crippen molar-refractivity contribution in [2.75, 3.05) is 18.9 Å². The van der Waals surface area contributed by atoms with E-state index in [0.29, 0.717) is 36.6 Å². The van der Waals surface area contributed by atoms with Crippen LogP contribution in [0.15, 0.2) is 42.5 Å². The van der Waals surface area contributed by atoms with Gasteiger partial charge in [-0.3, -0.25) is 9.59 Å². The standard InChI is InChI=1S/C28H30N4O5/c1-29-26(35)30-21-9-10-22-19(14-21)12-13-28(22)25(34)32(27(36)37-28)16-24(33)31-15-20-5-3-2-4-17(20)8-11-23(31)18-6-7-18/h2-5,9-10,14,18,23H,6-8,11-13,15-16H2,1H3,(H2,29,30,35)/t23?,28-/m1/s1. The van der Waals surface area contributed by atoms with Gasteiger partial charge in [0.2, 0.25) is 11.5 Å². The lowest BCUT2D eigenvalue weighted by atomic mass is 9.94. The predicted octanol–water partition coefficient (Wildman–Crippen LogP) is 3.31. The van der Waals surface area contributed by atoms with E-state index >= 15 is 0 Å². The number of aryl methyl sites for hydroxylation is 2. The fourth-order valence-corrected chi connectivity index (χ4v) is 6.11. The van der Waals surface area contributed by atoms with E-state index in [4.69, 9.17) is 4.74 Å². The van der Waals surface area contributed by atoms with Gasteiger partial charge in [-0.05, 0) is 66.8 Å². The first-order valence-electron chi connectivity index (χ1n) is 12.9. The molecule has 0 aromatic heterocycles. The van der Waals surface area contributed by atoms with Gasteiger partial charge in [0.1, 0.15) is 6.54 Å². The number of carbonyl (C=O) groups is 4. The molecule has 0 radical (unpaired) electrons. The van der Waals surface area contributed by atoms with Crippen LogP contribution in [0, 0.1) is 5.92 Å². The number of anilines is 1. The Bertz CT molecular complexity index is 1310. The highest BCUT2D eigenvalue weighted by Crippen LogP contribution is 2.46. The normalized spacial score (nSPS) is 24.4. The number of ether oxygens (including phenoxy) is 1. The molecule has 2 atom stereocenters. The van der Waals surface area contributed by atoms with Crippen molar-refractivity contribution < 1.29 is 23.9 Å². The number of carbonyl (C=O) groups excluding carboxylic acids is 4. The second kappa shape index (κ2) is 8.90. The van der Waals surface area contributed by atoms with Crippen LogP contribution < -0.4 is 10.6 Å². The number of nitrogens with zero attached hydrogens (tertiary/aromatic N) is 2. The van der Waals surface area contributed by atoms with E-state index in [1.165, 1.54) is 12.6 Å². The first kappa shape index (κ1) is 23.5. The highest BCUT2D eigenvalue weighted by atomic mass is 16.6. The Morgan fingerprint density at radius 3 is 2.57 bits per heavy atom. The minimum absolute atomic E-state index is 0.112. The molecule has 6 rings (SSSR count). The Labute approximate surface area is 215 Å². The molecule has 4 aliphatic rings. The van der Waals surface area contributed by atoms with Gasteiger partial charge in [-0.15, -0.1) is 0 Å². The number of hydrogen-bond donors (Lipinski definition) is 2. The molecule has 9 heteroatoms. The molecule has 1 spiro atoms. The monoisotopic (exact) mass is 502 g/mol. The van der Waals surface area contributed by atoms with E-state index in [-0.39, 0.29) is 24.5 Å². The maximum Gasteiger partial charge on any atom is 0.418 e. The largest absolute Gasteiger partial charge is 0.427 e. The Hall–Kier alpha value is -3.88. The molecule has 1 saturated carbocycles. The van der Waals surface area contributed by atoms with Gasteiger partial charge in [-0.1, -0.05) is 30.3 Å². The van der Waals surface area contributed by atoms with Crippen LogP contribution >= 0.6 is 0 Å². The number of imide groups is 1. The molecule has 2 aliphatic heterocycles. The van der Waals surface area contributed by atoms with Crippen molar-refractivity contribution in [2.45, 2.75) is 56.7 Å². The average molecular weight is 503 g/mol. The smallest absolute Gasteiger partial charge is 0.418 e. The number of amides is 5. The fourth-order valence-electron chi connectivity index (χ4n) is 6.11. The zero-order chi connectivity index (χ0) is 25.7. The summed E-state index contributed by atoms with van der Waals surface area (Å²) in [6, 6.07) is 13.1. The Morgan fingerprint density at radius 2 is 1.81 bits per heavy atom. The average Bonchev–Trinajstić information content (AvgIpc) is 3.66. The minimum Gasteiger partial charge on any atom is -0.427 e. The molecule has 2 N–H and O–H groups in total. The third-order valence-corrected chi connectivity index (χ3v) is 8.19. The van der Waals surface area contributed by atoms with Crippen molar-refractivity contribution in [3.05, 3.63) is 64.7 Å². The lowest BCUT2D eigenvalue weighted by molar-refractivity contribution is -0.143. The molecule has 192 valence electrons. The van der Waals surface area contributed by atoms with Gasteiger partial charge in [0.25, 0.3) is 5.91 Å². The second-order valence-corrected chi connectivity index (χ2v) is 10.4. The predicted molar refractivity (Wildman–Crippen MR) is 135 cm³/mol. The van der Waals surface area contributed by atoms with Crippen molar-refractivity contribution in [3.8, 4) is 0 Å². The van der Waals surface area contributed by atoms with E-state index in [2.05, 4.69) is 22.8 Å². The summed E-state index contributed by atoms with van der Waals surface area (Å²) in [5.74, 6) is -0.237. The van der Waals surface area contributed by atoms with E-state index in [1.807, 2.05) is 17.0 Å². The number of fused-ring (bicyclic) bond motifs is 3. The summed E-state index contributed by atoms with van der Waals surface area (Å²) >= 11 is 0. The molecule has 2 fully saturated rings. The lowest BCUT2D eigenvalue weighted by Crippen LogP contribution is -2.48. The van der Waals surface area contributed by atoms with Crippen LogP contribution in [-0.2, 0) is 39.3 Å². The maximum atomic E-state index is 13.7. The molecule has 0 bridgehead atoms. The topological polar surface area (TPSA) is 108 Å². The molecule has 37 heavy (non-hydrogen) atoms. The summed E-state index contributed by atoms with van der Waals surface area (Å²) < 4.78 is 5.73. The van der Waals surface area contributed by atoms with Gasteiger partial charge in [0, 0.05) is 37.3 Å². The zero-order valence-corrected chi connectivity index (χ0v) is 20.8. The Morgan fingerprint density at radius 1 is 1.03 bits per heavy atom. The molecular formula is C28H30N4O5. The van der Waals surface area contributed by atoms with Crippen LogP contribution in [-0.4, -0.2) is 53.4 Å². The van der Waals surface area contributed by atoms with Crippen molar-refractivity contribution in [1.82, 2.24) is 15.1 Å². The van der Waals surface area contributed by atoms with E-state index in [0.717, 1.165) is 41.7 Å². The number of nitrogens with one attached hydrogen (secondary N) is 2. The lowest BCUT2D eigenvalue weighted by Gasteiger charge is -2.31. The van der Waals surface area contributed by atoms with Crippen LogP contribution in [0.2, 0.25) is 0 Å². The van der Waals surface area contributed by atoms with Crippen LogP contribution in [0.1, 0.15) is 47.9 Å². The molecule has 2 aromatic carbocycles. The van der Waals surface area contributed by atoms with Crippen molar-refractivity contribution >= 4 is 29.6 Å². The molecular weight excluding hydrogens is 472 g/mol. The fraction of sp³-hybridized carbons (Fsp3) is 0.429. The van der Waals surface area contributed by atoms with Crippen molar-refractivity contribution in [2.24, 2.45) is 5.92 Å². The molecule has 2 aromatic rings. The highest BCUT2D eigenvalue weighted by Gasteiger charge is 2.58. The van der Waals surface area contributed by atoms with Gasteiger partial charge in [0.05, 0.1) is 0 Å². The number of urea groups is 1. The highest BCUT2D eigenvalue weighted by molar-refractivity contribution is 6.06. The van der Waals surface area contributed by atoms with E-state index in [9.17, 15) is 19.2 Å². The van der Waals surface area contributed by atoms with Gasteiger partial charge < -0.3 is 20.3 Å².